The van der Waals surface area contributed by atoms with Crippen LogP contribution in [0.2, 0.25) is 0 Å². The van der Waals surface area contributed by atoms with E-state index in [1.807, 2.05) is 18.7 Å². The van der Waals surface area contributed by atoms with Crippen LogP contribution in [0.1, 0.15) is 36.3 Å². The van der Waals surface area contributed by atoms with Crippen LogP contribution in [0.15, 0.2) is 16.9 Å². The summed E-state index contributed by atoms with van der Waals surface area (Å²) in [4.78, 5) is 22.5. The number of ether oxygens (including phenoxy) is 1. The van der Waals surface area contributed by atoms with Crippen LogP contribution in [0.5, 0.6) is 6.01 Å². The monoisotopic (exact) mass is 374 g/mol. The van der Waals surface area contributed by atoms with Gasteiger partial charge in [0.15, 0.2) is 5.82 Å². The molecule has 2 atom stereocenters. The van der Waals surface area contributed by atoms with Crippen LogP contribution in [0.3, 0.4) is 0 Å². The van der Waals surface area contributed by atoms with Crippen molar-refractivity contribution in [1.29, 1.82) is 0 Å². The van der Waals surface area contributed by atoms with Crippen molar-refractivity contribution in [3.8, 4) is 6.01 Å². The summed E-state index contributed by atoms with van der Waals surface area (Å²) >= 11 is 0. The third-order valence-corrected chi connectivity index (χ3v) is 5.99. The Morgan fingerprint density at radius 1 is 1.41 bits per heavy atom. The Balaban J connectivity index is 1.43. The Morgan fingerprint density at radius 2 is 2.19 bits per heavy atom. The summed E-state index contributed by atoms with van der Waals surface area (Å²) in [6.45, 7) is 5.55. The molecule has 3 heterocycles. The molecule has 2 fully saturated rings. The van der Waals surface area contributed by atoms with Gasteiger partial charge in [0.05, 0.1) is 31.1 Å². The van der Waals surface area contributed by atoms with Gasteiger partial charge in [-0.15, -0.1) is 0 Å². The summed E-state index contributed by atoms with van der Waals surface area (Å²) in [7, 11) is 0. The second kappa shape index (κ2) is 6.90. The van der Waals surface area contributed by atoms with Gasteiger partial charge in [-0.1, -0.05) is 11.6 Å². The average Bonchev–Trinajstić information content (AvgIpc) is 3.29. The van der Waals surface area contributed by atoms with Gasteiger partial charge in [0.1, 0.15) is 5.76 Å². The lowest BCUT2D eigenvalue weighted by atomic mass is 9.82. The molecule has 2 aliphatic rings. The maximum absolute atomic E-state index is 13.0. The number of aromatic nitrogens is 3. The third-order valence-electron chi connectivity index (χ3n) is 5.99. The van der Waals surface area contributed by atoms with E-state index < -0.39 is 5.82 Å². The number of hydrogen-bond acceptors (Lipinski definition) is 6. The molecular formula is C19H23FN4O3. The fraction of sp³-hybridized carbons (Fsp3) is 0.579. The molecule has 1 aliphatic carbocycles. The molecular weight excluding hydrogens is 351 g/mol. The van der Waals surface area contributed by atoms with Gasteiger partial charge in [0.25, 0.3) is 0 Å². The molecule has 1 aliphatic heterocycles. The van der Waals surface area contributed by atoms with E-state index in [9.17, 15) is 9.18 Å². The number of hydrogen-bond donors (Lipinski definition) is 0. The first kappa shape index (κ1) is 17.9. The number of fused-ring (bicyclic) bond motifs is 1. The number of carbonyl (C=O) groups excluding carboxylic acids is 1. The van der Waals surface area contributed by atoms with Crippen molar-refractivity contribution in [1.82, 2.24) is 20.0 Å². The van der Waals surface area contributed by atoms with E-state index in [1.165, 1.54) is 0 Å². The Bertz CT molecular complexity index is 818. The fourth-order valence-corrected chi connectivity index (χ4v) is 4.44. The summed E-state index contributed by atoms with van der Waals surface area (Å²) in [5, 5.41) is 3.93. The Hall–Kier alpha value is -2.51. The van der Waals surface area contributed by atoms with Gasteiger partial charge in [-0.2, -0.15) is 0 Å². The first-order valence-corrected chi connectivity index (χ1v) is 9.27. The minimum Gasteiger partial charge on any atom is -0.463 e. The Morgan fingerprint density at radius 3 is 2.89 bits per heavy atom. The first-order chi connectivity index (χ1) is 13.0. The molecule has 1 amide bonds. The zero-order chi connectivity index (χ0) is 19.0. The van der Waals surface area contributed by atoms with E-state index in [4.69, 9.17) is 9.26 Å². The van der Waals surface area contributed by atoms with E-state index in [-0.39, 0.29) is 17.3 Å². The molecule has 0 aromatic carbocycles. The second-order valence-corrected chi connectivity index (χ2v) is 7.68. The van der Waals surface area contributed by atoms with Crippen molar-refractivity contribution in [2.75, 3.05) is 19.7 Å². The minimum absolute atomic E-state index is 0.0772. The molecule has 2 aromatic heterocycles. The van der Waals surface area contributed by atoms with Crippen molar-refractivity contribution in [3.05, 3.63) is 35.2 Å². The number of aryl methyl sites for hydroxylation is 2. The molecule has 4 rings (SSSR count). The van der Waals surface area contributed by atoms with E-state index in [0.29, 0.717) is 31.3 Å². The number of halogens is 1. The summed E-state index contributed by atoms with van der Waals surface area (Å²) in [5.41, 5.74) is 1.57. The predicted molar refractivity (Wildman–Crippen MR) is 93.5 cm³/mol. The lowest BCUT2D eigenvalue weighted by molar-refractivity contribution is -0.130. The van der Waals surface area contributed by atoms with E-state index >= 15 is 0 Å². The second-order valence-electron chi connectivity index (χ2n) is 7.68. The number of likely N-dealkylation sites (tertiary alicyclic amines) is 1. The molecule has 144 valence electrons. The fourth-order valence-electron chi connectivity index (χ4n) is 4.44. The van der Waals surface area contributed by atoms with Crippen molar-refractivity contribution < 1.29 is 18.4 Å². The number of carbonyl (C=O) groups is 1. The summed E-state index contributed by atoms with van der Waals surface area (Å²) in [6.07, 6.45) is 5.73. The summed E-state index contributed by atoms with van der Waals surface area (Å²) in [5.74, 6) is 0.714. The molecule has 2 aromatic rings. The zero-order valence-electron chi connectivity index (χ0n) is 15.6. The van der Waals surface area contributed by atoms with Gasteiger partial charge < -0.3 is 14.2 Å². The topological polar surface area (TPSA) is 81.4 Å². The van der Waals surface area contributed by atoms with Gasteiger partial charge in [0.2, 0.25) is 5.91 Å². The highest BCUT2D eigenvalue weighted by atomic mass is 19.1. The van der Waals surface area contributed by atoms with Crippen LogP contribution >= 0.6 is 0 Å². The average molecular weight is 374 g/mol. The van der Waals surface area contributed by atoms with Crippen LogP contribution in [0.4, 0.5) is 4.39 Å². The molecule has 1 saturated heterocycles. The largest absolute Gasteiger partial charge is 0.463 e. The van der Waals surface area contributed by atoms with E-state index in [1.54, 1.807) is 0 Å². The number of rotatable bonds is 5. The van der Waals surface area contributed by atoms with Crippen LogP contribution in [-0.2, 0) is 11.2 Å². The molecule has 0 spiro atoms. The van der Waals surface area contributed by atoms with Crippen molar-refractivity contribution in [2.45, 2.75) is 39.5 Å². The van der Waals surface area contributed by atoms with Gasteiger partial charge >= 0.3 is 6.01 Å². The Labute approximate surface area is 156 Å². The molecule has 0 N–H and O–H groups in total. The number of amides is 1. The van der Waals surface area contributed by atoms with E-state index in [2.05, 4.69) is 15.1 Å². The minimum atomic E-state index is -0.490. The van der Waals surface area contributed by atoms with Crippen LogP contribution in [0, 0.1) is 31.0 Å². The lowest BCUT2D eigenvalue weighted by Gasteiger charge is -2.28. The highest BCUT2D eigenvalue weighted by molar-refractivity contribution is 5.79. The van der Waals surface area contributed by atoms with Gasteiger partial charge in [0, 0.05) is 24.1 Å². The van der Waals surface area contributed by atoms with Gasteiger partial charge in [-0.3, -0.25) is 4.79 Å². The van der Waals surface area contributed by atoms with Crippen molar-refractivity contribution in [3.63, 3.8) is 0 Å². The van der Waals surface area contributed by atoms with E-state index in [0.717, 1.165) is 49.5 Å². The third kappa shape index (κ3) is 3.40. The maximum atomic E-state index is 13.0. The Kier molecular flexibility index (Phi) is 4.57. The standard InChI is InChI=1S/C19H23FN4O3/c1-12-16(13(2)27-23-12)6-17(25)24-9-14-4-3-5-19(14,10-24)11-26-18-21-7-15(20)8-22-18/h7-8,14H,3-6,9-11H2,1-2H3. The molecule has 27 heavy (non-hydrogen) atoms. The number of nitrogens with zero attached hydrogens (tertiary/aromatic N) is 4. The summed E-state index contributed by atoms with van der Waals surface area (Å²) in [6, 6.07) is 0.178. The van der Waals surface area contributed by atoms with Gasteiger partial charge in [-0.05, 0) is 32.6 Å². The highest BCUT2D eigenvalue weighted by Gasteiger charge is 2.51. The normalized spacial score (nSPS) is 24.3. The summed E-state index contributed by atoms with van der Waals surface area (Å²) < 4.78 is 23.9. The lowest BCUT2D eigenvalue weighted by Crippen LogP contribution is -2.36. The highest BCUT2D eigenvalue weighted by Crippen LogP contribution is 2.49. The van der Waals surface area contributed by atoms with Crippen LogP contribution in [-0.4, -0.2) is 45.6 Å². The molecule has 2 unspecified atom stereocenters. The maximum Gasteiger partial charge on any atom is 0.316 e. The zero-order valence-corrected chi connectivity index (χ0v) is 15.6. The predicted octanol–water partition coefficient (Wildman–Crippen LogP) is 2.47. The van der Waals surface area contributed by atoms with Crippen LogP contribution < -0.4 is 4.74 Å². The van der Waals surface area contributed by atoms with Crippen molar-refractivity contribution in [2.24, 2.45) is 11.3 Å². The molecule has 0 radical (unpaired) electrons. The van der Waals surface area contributed by atoms with Gasteiger partial charge in [-0.25, -0.2) is 14.4 Å². The van der Waals surface area contributed by atoms with Crippen molar-refractivity contribution >= 4 is 5.91 Å². The smallest absolute Gasteiger partial charge is 0.316 e. The molecule has 7 nitrogen and oxygen atoms in total. The SMILES string of the molecule is Cc1noc(C)c1CC(=O)N1CC2CCCC2(COc2ncc(F)cn2)C1. The van der Waals surface area contributed by atoms with Crippen LogP contribution in [0.25, 0.3) is 0 Å². The molecule has 0 bridgehead atoms. The first-order valence-electron chi connectivity index (χ1n) is 9.27. The molecule has 8 heteroatoms. The quantitative estimate of drug-likeness (QED) is 0.800. The molecule has 1 saturated carbocycles.